The fraction of sp³-hybridized carbons (Fsp3) is 0.0667. The van der Waals surface area contributed by atoms with Crippen LogP contribution < -0.4 is 4.74 Å². The first-order valence-electron chi connectivity index (χ1n) is 12.0. The van der Waals surface area contributed by atoms with Gasteiger partial charge in [-0.3, -0.25) is 4.57 Å². The zero-order valence-electron chi connectivity index (χ0n) is 19.6. The molecule has 0 radical (unpaired) electrons. The molecule has 0 fully saturated rings. The number of benzene rings is 4. The maximum absolute atomic E-state index is 6.52. The van der Waals surface area contributed by atoms with Crippen LogP contribution >= 0.6 is 0 Å². The summed E-state index contributed by atoms with van der Waals surface area (Å²) in [6, 6.07) is 32.0. The number of hydrogen-bond acceptors (Lipinski definition) is 5. The lowest BCUT2D eigenvalue weighted by Gasteiger charge is -2.22. The van der Waals surface area contributed by atoms with Crippen molar-refractivity contribution in [2.45, 2.75) is 13.3 Å². The molecule has 6 heteroatoms. The highest BCUT2D eigenvalue weighted by Gasteiger charge is 2.27. The monoisotopic (exact) mass is 467 g/mol. The van der Waals surface area contributed by atoms with Gasteiger partial charge in [-0.2, -0.15) is 0 Å². The molecule has 1 aliphatic heterocycles. The van der Waals surface area contributed by atoms with Gasteiger partial charge in [0, 0.05) is 17.5 Å². The van der Waals surface area contributed by atoms with Gasteiger partial charge in [0.25, 0.3) is 0 Å². The van der Waals surface area contributed by atoms with Gasteiger partial charge < -0.3 is 4.74 Å². The molecule has 0 spiro atoms. The first kappa shape index (κ1) is 20.5. The predicted octanol–water partition coefficient (Wildman–Crippen LogP) is 6.88. The second-order valence-corrected chi connectivity index (χ2v) is 8.64. The molecule has 0 unspecified atom stereocenters. The molecule has 0 saturated carbocycles. The van der Waals surface area contributed by atoms with Crippen LogP contribution in [0.5, 0.6) is 11.5 Å². The maximum atomic E-state index is 6.52. The molecule has 0 atom stereocenters. The van der Waals surface area contributed by atoms with Gasteiger partial charge in [0.1, 0.15) is 11.3 Å². The van der Waals surface area contributed by atoms with Crippen molar-refractivity contribution in [3.8, 4) is 51.3 Å². The Morgan fingerprint density at radius 1 is 0.639 bits per heavy atom. The lowest BCUT2D eigenvalue weighted by atomic mass is 10.1. The van der Waals surface area contributed by atoms with Gasteiger partial charge in [-0.05, 0) is 24.3 Å². The van der Waals surface area contributed by atoms with E-state index in [0.717, 1.165) is 51.4 Å². The van der Waals surface area contributed by atoms with Crippen molar-refractivity contribution in [1.82, 2.24) is 24.5 Å². The highest BCUT2D eigenvalue weighted by atomic mass is 16.5. The van der Waals surface area contributed by atoms with Crippen LogP contribution in [0.15, 0.2) is 97.1 Å². The van der Waals surface area contributed by atoms with Crippen LogP contribution in [-0.2, 0) is 6.42 Å². The number of para-hydroxylation sites is 2. The van der Waals surface area contributed by atoms with Gasteiger partial charge in [-0.1, -0.05) is 79.7 Å². The van der Waals surface area contributed by atoms with Gasteiger partial charge in [-0.15, -0.1) is 0 Å². The highest BCUT2D eigenvalue weighted by Crippen LogP contribution is 2.46. The van der Waals surface area contributed by atoms with E-state index in [1.54, 1.807) is 0 Å². The van der Waals surface area contributed by atoms with Gasteiger partial charge in [0.05, 0.1) is 16.8 Å². The van der Waals surface area contributed by atoms with Crippen molar-refractivity contribution in [2.75, 3.05) is 0 Å². The number of rotatable bonds is 4. The van der Waals surface area contributed by atoms with Crippen LogP contribution in [0.2, 0.25) is 0 Å². The second kappa shape index (κ2) is 8.13. The van der Waals surface area contributed by atoms with Gasteiger partial charge in [0.2, 0.25) is 0 Å². The average Bonchev–Trinajstić information content (AvgIpc) is 3.34. The van der Waals surface area contributed by atoms with Gasteiger partial charge in [-0.25, -0.2) is 19.9 Å². The Bertz CT molecular complexity index is 1690. The van der Waals surface area contributed by atoms with E-state index < -0.39 is 0 Å². The molecular formula is C30H21N5O. The molecule has 172 valence electrons. The van der Waals surface area contributed by atoms with Crippen molar-refractivity contribution in [2.24, 2.45) is 0 Å². The Hall–Kier alpha value is -4.84. The minimum atomic E-state index is 0.560. The van der Waals surface area contributed by atoms with E-state index in [1.807, 2.05) is 91.0 Å². The third-order valence-corrected chi connectivity index (χ3v) is 6.42. The fourth-order valence-corrected chi connectivity index (χ4v) is 4.73. The second-order valence-electron chi connectivity index (χ2n) is 8.64. The molecule has 0 bridgehead atoms. The molecule has 6 nitrogen and oxygen atoms in total. The van der Waals surface area contributed by atoms with Crippen LogP contribution in [0.1, 0.15) is 12.7 Å². The molecule has 3 heterocycles. The summed E-state index contributed by atoms with van der Waals surface area (Å²) in [4.78, 5) is 19.6. The molecule has 0 aliphatic carbocycles. The first-order chi connectivity index (χ1) is 17.8. The largest absolute Gasteiger partial charge is 0.452 e. The molecule has 1 aliphatic rings. The Kier molecular flexibility index (Phi) is 4.64. The minimum absolute atomic E-state index is 0.560. The lowest BCUT2D eigenvalue weighted by molar-refractivity contribution is 0.475. The van der Waals surface area contributed by atoms with Crippen LogP contribution in [0.3, 0.4) is 0 Å². The zero-order chi connectivity index (χ0) is 24.1. The smallest absolute Gasteiger partial charge is 0.167 e. The van der Waals surface area contributed by atoms with E-state index in [0.29, 0.717) is 23.2 Å². The van der Waals surface area contributed by atoms with E-state index in [1.165, 1.54) is 0 Å². The summed E-state index contributed by atoms with van der Waals surface area (Å²) in [5.74, 6) is 4.28. The number of imidazole rings is 1. The normalized spacial score (nSPS) is 11.8. The van der Waals surface area contributed by atoms with Crippen LogP contribution in [0, 0.1) is 0 Å². The Labute approximate surface area is 207 Å². The van der Waals surface area contributed by atoms with E-state index in [2.05, 4.69) is 17.6 Å². The molecule has 7 rings (SSSR count). The van der Waals surface area contributed by atoms with Crippen molar-refractivity contribution >= 4 is 11.0 Å². The number of hydrogen-bond donors (Lipinski definition) is 0. The third kappa shape index (κ3) is 3.19. The summed E-state index contributed by atoms with van der Waals surface area (Å²) >= 11 is 0. The molecule has 4 aromatic carbocycles. The summed E-state index contributed by atoms with van der Waals surface area (Å²) in [5, 5.41) is 0. The highest BCUT2D eigenvalue weighted by molar-refractivity contribution is 5.93. The number of nitrogens with zero attached hydrogens (tertiary/aromatic N) is 5. The van der Waals surface area contributed by atoms with E-state index in [4.69, 9.17) is 24.7 Å². The van der Waals surface area contributed by atoms with E-state index in [9.17, 15) is 0 Å². The summed E-state index contributed by atoms with van der Waals surface area (Å²) in [6.45, 7) is 2.12. The van der Waals surface area contributed by atoms with Crippen molar-refractivity contribution in [1.29, 1.82) is 0 Å². The maximum Gasteiger partial charge on any atom is 0.167 e. The lowest BCUT2D eigenvalue weighted by Crippen LogP contribution is -2.08. The summed E-state index contributed by atoms with van der Waals surface area (Å²) in [5.41, 5.74) is 5.48. The molecule has 6 aromatic rings. The van der Waals surface area contributed by atoms with Crippen molar-refractivity contribution < 1.29 is 4.74 Å². The minimum Gasteiger partial charge on any atom is -0.452 e. The first-order valence-corrected chi connectivity index (χ1v) is 12.0. The van der Waals surface area contributed by atoms with Gasteiger partial charge in [0.15, 0.2) is 29.0 Å². The Morgan fingerprint density at radius 2 is 1.25 bits per heavy atom. The predicted molar refractivity (Wildman–Crippen MR) is 140 cm³/mol. The number of aromatic nitrogens is 5. The van der Waals surface area contributed by atoms with Crippen LogP contribution in [0.4, 0.5) is 0 Å². The molecule has 0 saturated heterocycles. The standard InChI is InChI=1S/C30H21N5O/c1-2-25-31-22-18-17-21(27-26(22)35(25)23-15-9-10-16-24(23)36-27)30-33-28(19-11-5-3-6-12-19)32-29(34-30)20-13-7-4-8-14-20/h3-18H,2H2,1H3. The Balaban J connectivity index is 1.51. The Morgan fingerprint density at radius 3 is 1.92 bits per heavy atom. The summed E-state index contributed by atoms with van der Waals surface area (Å²) < 4.78 is 8.72. The molecule has 36 heavy (non-hydrogen) atoms. The summed E-state index contributed by atoms with van der Waals surface area (Å²) in [7, 11) is 0. The molecular weight excluding hydrogens is 446 g/mol. The van der Waals surface area contributed by atoms with Gasteiger partial charge >= 0.3 is 0 Å². The van der Waals surface area contributed by atoms with Crippen molar-refractivity contribution in [3.05, 3.63) is 103 Å². The molecule has 0 N–H and O–H groups in total. The SMILES string of the molecule is CCc1nc2ccc(-c3nc(-c4ccccc4)nc(-c4ccccc4)n3)c3c2n1-c1ccccc1O3. The fourth-order valence-electron chi connectivity index (χ4n) is 4.73. The summed E-state index contributed by atoms with van der Waals surface area (Å²) in [6.07, 6.45) is 0.805. The number of fused-ring (bicyclic) bond motifs is 2. The third-order valence-electron chi connectivity index (χ3n) is 6.42. The molecule has 2 aromatic heterocycles. The average molecular weight is 468 g/mol. The van der Waals surface area contributed by atoms with Crippen LogP contribution in [0.25, 0.3) is 50.9 Å². The van der Waals surface area contributed by atoms with Crippen LogP contribution in [-0.4, -0.2) is 24.5 Å². The van der Waals surface area contributed by atoms with Crippen molar-refractivity contribution in [3.63, 3.8) is 0 Å². The molecule has 0 amide bonds. The topological polar surface area (TPSA) is 65.7 Å². The van der Waals surface area contributed by atoms with E-state index >= 15 is 0 Å². The quantitative estimate of drug-likeness (QED) is 0.282. The zero-order valence-corrected chi connectivity index (χ0v) is 19.6. The number of ether oxygens (including phenoxy) is 1. The number of aryl methyl sites for hydroxylation is 1. The van der Waals surface area contributed by atoms with E-state index in [-0.39, 0.29) is 0 Å².